The molecule has 1 aliphatic carbocycles. The highest BCUT2D eigenvalue weighted by Crippen LogP contribution is 2.30. The van der Waals surface area contributed by atoms with Crippen LogP contribution in [0, 0.1) is 17.8 Å². The molecular weight excluding hydrogens is 224 g/mol. The molecule has 18 heavy (non-hydrogen) atoms. The van der Waals surface area contributed by atoms with E-state index in [1.54, 1.807) is 0 Å². The molecule has 0 unspecified atom stereocenters. The van der Waals surface area contributed by atoms with Crippen LogP contribution in [0.4, 0.5) is 0 Å². The summed E-state index contributed by atoms with van der Waals surface area (Å²) in [6.45, 7) is 5.15. The molecule has 1 saturated carbocycles. The minimum Gasteiger partial charge on any atom is -0.356 e. The van der Waals surface area contributed by atoms with E-state index in [2.05, 4.69) is 17.6 Å². The third-order valence-corrected chi connectivity index (χ3v) is 4.78. The molecule has 1 amide bonds. The molecule has 2 fully saturated rings. The lowest BCUT2D eigenvalue weighted by Gasteiger charge is -2.29. The molecule has 1 atom stereocenters. The largest absolute Gasteiger partial charge is 0.356 e. The molecule has 104 valence electrons. The lowest BCUT2D eigenvalue weighted by molar-refractivity contribution is -0.125. The topological polar surface area (TPSA) is 41.1 Å². The molecule has 0 aromatic rings. The van der Waals surface area contributed by atoms with E-state index in [-0.39, 0.29) is 11.8 Å². The van der Waals surface area contributed by atoms with Crippen LogP contribution in [0.1, 0.15) is 51.9 Å². The van der Waals surface area contributed by atoms with Crippen molar-refractivity contribution in [1.29, 1.82) is 0 Å². The SMILES string of the molecule is CCC1CCC(CNC(=O)[C@H]2CCCNC2)CC1. The molecule has 0 radical (unpaired) electrons. The Kier molecular flexibility index (Phi) is 5.48. The Labute approximate surface area is 111 Å². The summed E-state index contributed by atoms with van der Waals surface area (Å²) in [6.07, 6.45) is 8.86. The Bertz CT molecular complexity index is 253. The molecule has 1 aliphatic heterocycles. The molecule has 3 heteroatoms. The van der Waals surface area contributed by atoms with Crippen LogP contribution in [0.25, 0.3) is 0 Å². The van der Waals surface area contributed by atoms with Crippen LogP contribution in [0.5, 0.6) is 0 Å². The summed E-state index contributed by atoms with van der Waals surface area (Å²) in [5, 5.41) is 6.48. The quantitative estimate of drug-likeness (QED) is 0.806. The summed E-state index contributed by atoms with van der Waals surface area (Å²) in [5.74, 6) is 2.17. The van der Waals surface area contributed by atoms with Gasteiger partial charge < -0.3 is 10.6 Å². The smallest absolute Gasteiger partial charge is 0.224 e. The molecule has 2 rings (SSSR count). The third kappa shape index (κ3) is 3.98. The summed E-state index contributed by atoms with van der Waals surface area (Å²) >= 11 is 0. The van der Waals surface area contributed by atoms with Gasteiger partial charge in [0, 0.05) is 13.1 Å². The molecule has 2 N–H and O–H groups in total. The number of rotatable bonds is 4. The number of nitrogens with one attached hydrogen (secondary N) is 2. The first kappa shape index (κ1) is 13.9. The number of piperidine rings is 1. The van der Waals surface area contributed by atoms with Gasteiger partial charge in [0.2, 0.25) is 5.91 Å². The van der Waals surface area contributed by atoms with Crippen LogP contribution < -0.4 is 10.6 Å². The highest BCUT2D eigenvalue weighted by Gasteiger charge is 2.23. The molecular formula is C15H28N2O. The Hall–Kier alpha value is -0.570. The van der Waals surface area contributed by atoms with Crippen molar-refractivity contribution in [1.82, 2.24) is 10.6 Å². The Balaban J connectivity index is 1.63. The fraction of sp³-hybridized carbons (Fsp3) is 0.933. The normalized spacial score (nSPS) is 33.1. The lowest BCUT2D eigenvalue weighted by Crippen LogP contribution is -2.42. The Morgan fingerprint density at radius 2 is 1.89 bits per heavy atom. The van der Waals surface area contributed by atoms with Crippen LogP contribution in [-0.2, 0) is 4.79 Å². The van der Waals surface area contributed by atoms with Crippen LogP contribution in [-0.4, -0.2) is 25.5 Å². The fourth-order valence-corrected chi connectivity index (χ4v) is 3.31. The first-order valence-corrected chi connectivity index (χ1v) is 7.78. The predicted octanol–water partition coefficient (Wildman–Crippen LogP) is 2.32. The monoisotopic (exact) mass is 252 g/mol. The maximum absolute atomic E-state index is 12.0. The van der Waals surface area contributed by atoms with Crippen molar-refractivity contribution in [2.75, 3.05) is 19.6 Å². The third-order valence-electron chi connectivity index (χ3n) is 4.78. The molecule has 1 heterocycles. The first-order valence-electron chi connectivity index (χ1n) is 7.78. The van der Waals surface area contributed by atoms with E-state index < -0.39 is 0 Å². The zero-order valence-electron chi connectivity index (χ0n) is 11.7. The van der Waals surface area contributed by atoms with Gasteiger partial charge in [0.15, 0.2) is 0 Å². The second-order valence-corrected chi connectivity index (χ2v) is 6.08. The van der Waals surface area contributed by atoms with Gasteiger partial charge >= 0.3 is 0 Å². The number of carbonyl (C=O) groups excluding carboxylic acids is 1. The minimum absolute atomic E-state index is 0.214. The van der Waals surface area contributed by atoms with E-state index in [0.717, 1.165) is 44.3 Å². The molecule has 0 aromatic heterocycles. The molecule has 3 nitrogen and oxygen atoms in total. The second kappa shape index (κ2) is 7.13. The van der Waals surface area contributed by atoms with Crippen molar-refractivity contribution in [3.63, 3.8) is 0 Å². The zero-order chi connectivity index (χ0) is 12.8. The minimum atomic E-state index is 0.214. The van der Waals surface area contributed by atoms with E-state index in [1.807, 2.05) is 0 Å². The highest BCUT2D eigenvalue weighted by molar-refractivity contribution is 5.78. The van der Waals surface area contributed by atoms with E-state index in [0.29, 0.717) is 0 Å². The van der Waals surface area contributed by atoms with Crippen LogP contribution >= 0.6 is 0 Å². The van der Waals surface area contributed by atoms with Crippen molar-refractivity contribution < 1.29 is 4.79 Å². The summed E-state index contributed by atoms with van der Waals surface area (Å²) in [5.41, 5.74) is 0. The van der Waals surface area contributed by atoms with Gasteiger partial charge in [0.25, 0.3) is 0 Å². The zero-order valence-corrected chi connectivity index (χ0v) is 11.7. The predicted molar refractivity (Wildman–Crippen MR) is 74.3 cm³/mol. The molecule has 2 aliphatic rings. The molecule has 0 aromatic carbocycles. The van der Waals surface area contributed by atoms with E-state index >= 15 is 0 Å². The van der Waals surface area contributed by atoms with Gasteiger partial charge in [-0.3, -0.25) is 4.79 Å². The molecule has 1 saturated heterocycles. The van der Waals surface area contributed by atoms with Gasteiger partial charge in [-0.05, 0) is 44.1 Å². The van der Waals surface area contributed by atoms with Gasteiger partial charge in [-0.2, -0.15) is 0 Å². The van der Waals surface area contributed by atoms with E-state index in [4.69, 9.17) is 0 Å². The van der Waals surface area contributed by atoms with Crippen molar-refractivity contribution in [3.8, 4) is 0 Å². The number of carbonyl (C=O) groups is 1. The summed E-state index contributed by atoms with van der Waals surface area (Å²) in [4.78, 5) is 12.0. The highest BCUT2D eigenvalue weighted by atomic mass is 16.1. The average molecular weight is 252 g/mol. The average Bonchev–Trinajstić information content (AvgIpc) is 2.46. The number of amides is 1. The van der Waals surface area contributed by atoms with Crippen molar-refractivity contribution in [3.05, 3.63) is 0 Å². The standard InChI is InChI=1S/C15H28N2O/c1-2-12-5-7-13(8-6-12)10-17-15(18)14-4-3-9-16-11-14/h12-14,16H,2-11H2,1H3,(H,17,18)/t12?,13?,14-/m0/s1. The van der Waals surface area contributed by atoms with Crippen molar-refractivity contribution in [2.24, 2.45) is 17.8 Å². The number of hydrogen-bond donors (Lipinski definition) is 2. The maximum atomic E-state index is 12.0. The molecule has 0 spiro atoms. The van der Waals surface area contributed by atoms with Gasteiger partial charge in [-0.15, -0.1) is 0 Å². The first-order chi connectivity index (χ1) is 8.79. The van der Waals surface area contributed by atoms with E-state index in [9.17, 15) is 4.79 Å². The maximum Gasteiger partial charge on any atom is 0.224 e. The van der Waals surface area contributed by atoms with Crippen LogP contribution in [0.2, 0.25) is 0 Å². The van der Waals surface area contributed by atoms with Crippen molar-refractivity contribution >= 4 is 5.91 Å². The van der Waals surface area contributed by atoms with Gasteiger partial charge in [-0.25, -0.2) is 0 Å². The summed E-state index contributed by atoms with van der Waals surface area (Å²) < 4.78 is 0. The second-order valence-electron chi connectivity index (χ2n) is 6.08. The van der Waals surface area contributed by atoms with Crippen LogP contribution in [0.15, 0.2) is 0 Å². The van der Waals surface area contributed by atoms with E-state index in [1.165, 1.54) is 32.1 Å². The van der Waals surface area contributed by atoms with Gasteiger partial charge in [0.05, 0.1) is 5.92 Å². The Morgan fingerprint density at radius 3 is 2.50 bits per heavy atom. The van der Waals surface area contributed by atoms with Crippen molar-refractivity contribution in [2.45, 2.75) is 51.9 Å². The van der Waals surface area contributed by atoms with Crippen LogP contribution in [0.3, 0.4) is 0 Å². The fourth-order valence-electron chi connectivity index (χ4n) is 3.31. The summed E-state index contributed by atoms with van der Waals surface area (Å²) in [6, 6.07) is 0. The molecule has 0 bridgehead atoms. The lowest BCUT2D eigenvalue weighted by atomic mass is 9.81. The Morgan fingerprint density at radius 1 is 1.17 bits per heavy atom. The van der Waals surface area contributed by atoms with Gasteiger partial charge in [0.1, 0.15) is 0 Å². The van der Waals surface area contributed by atoms with Gasteiger partial charge in [-0.1, -0.05) is 26.2 Å². The number of hydrogen-bond acceptors (Lipinski definition) is 2. The summed E-state index contributed by atoms with van der Waals surface area (Å²) in [7, 11) is 0.